The van der Waals surface area contributed by atoms with E-state index in [-0.39, 0.29) is 54.8 Å². The van der Waals surface area contributed by atoms with Gasteiger partial charge in [-0.25, -0.2) is 8.42 Å². The molecular formula is C52H63N3O9S. The highest BCUT2D eigenvalue weighted by Crippen LogP contribution is 2.62. The number of benzene rings is 4. The molecular weight excluding hydrogens is 843 g/mol. The summed E-state index contributed by atoms with van der Waals surface area (Å²) in [5, 5.41) is 27.5. The van der Waals surface area contributed by atoms with Gasteiger partial charge in [0.15, 0.2) is 0 Å². The fraction of sp³-hybridized carbons (Fsp3) is 0.423. The molecule has 0 radical (unpaired) electrons. The van der Waals surface area contributed by atoms with Gasteiger partial charge >= 0.3 is 0 Å². The van der Waals surface area contributed by atoms with Crippen molar-refractivity contribution in [2.24, 2.45) is 22.9 Å². The molecule has 4 aromatic carbocycles. The van der Waals surface area contributed by atoms with Crippen LogP contribution in [0, 0.1) is 17.8 Å². The molecule has 0 spiro atoms. The van der Waals surface area contributed by atoms with E-state index in [1.807, 2.05) is 81.4 Å². The number of nitrogens with zero attached hydrogens (tertiary/aromatic N) is 2. The second-order valence-corrected chi connectivity index (χ2v) is 20.2. The molecule has 4 aromatic rings. The summed E-state index contributed by atoms with van der Waals surface area (Å²) >= 11 is 0. The zero-order valence-corrected chi connectivity index (χ0v) is 38.9. The summed E-state index contributed by atoms with van der Waals surface area (Å²) in [6.07, 6.45) is 8.36. The van der Waals surface area contributed by atoms with Crippen LogP contribution < -0.4 is 14.8 Å². The Morgan fingerprint density at radius 2 is 1.58 bits per heavy atom. The summed E-state index contributed by atoms with van der Waals surface area (Å²) in [4.78, 5) is 18.0. The smallest absolute Gasteiger partial charge is 0.243 e. The maximum absolute atomic E-state index is 14.9. The predicted octanol–water partition coefficient (Wildman–Crippen LogP) is 9.86. The molecule has 12 nitrogen and oxygen atoms in total. The maximum Gasteiger partial charge on any atom is 0.243 e. The molecule has 7 rings (SSSR count). The van der Waals surface area contributed by atoms with Gasteiger partial charge in [0.25, 0.3) is 0 Å². The zero-order chi connectivity index (χ0) is 46.4. The Morgan fingerprint density at radius 3 is 2.23 bits per heavy atom. The molecule has 1 heterocycles. The molecule has 6 atom stereocenters. The number of aliphatic hydroxyl groups excluding tert-OH is 2. The van der Waals surface area contributed by atoms with Crippen LogP contribution in [-0.2, 0) is 24.4 Å². The summed E-state index contributed by atoms with van der Waals surface area (Å²) in [6, 6.07) is 29.0. The monoisotopic (exact) mass is 905 g/mol. The molecule has 0 bridgehead atoms. The van der Waals surface area contributed by atoms with E-state index in [9.17, 15) is 23.4 Å². The SMILES string of the molecule is C=CCOC12Oc3ccc(Oc4ccc(-c5ccccc5)cc4)cc3C3C(CCCCO)C(CCCCO)C=C(C(=NOC(C)(C)C)CC1N(C)S(=O)(=O)c1ccc(NC(C)=O)cc1)C32. The molecule has 346 valence electrons. The number of carbonyl (C=O) groups excluding carboxylic acids is 1. The predicted molar refractivity (Wildman–Crippen MR) is 253 cm³/mol. The minimum absolute atomic E-state index is 0.0180. The van der Waals surface area contributed by atoms with Crippen LogP contribution in [-0.4, -0.2) is 78.9 Å². The number of aliphatic hydroxyl groups is 2. The van der Waals surface area contributed by atoms with Gasteiger partial charge in [0.2, 0.25) is 21.7 Å². The Labute approximate surface area is 384 Å². The summed E-state index contributed by atoms with van der Waals surface area (Å²) < 4.78 is 52.0. The van der Waals surface area contributed by atoms with Crippen LogP contribution >= 0.6 is 0 Å². The van der Waals surface area contributed by atoms with Crippen LogP contribution in [0.4, 0.5) is 5.69 Å². The normalized spacial score (nSPS) is 23.2. The van der Waals surface area contributed by atoms with E-state index >= 15 is 0 Å². The number of oxime groups is 1. The van der Waals surface area contributed by atoms with Crippen molar-refractivity contribution in [2.75, 3.05) is 32.2 Å². The van der Waals surface area contributed by atoms with Gasteiger partial charge in [-0.3, -0.25) is 4.79 Å². The van der Waals surface area contributed by atoms with E-state index in [1.165, 1.54) is 23.4 Å². The number of rotatable bonds is 19. The summed E-state index contributed by atoms with van der Waals surface area (Å²) in [5.74, 6) is -0.924. The molecule has 1 aliphatic heterocycles. The Kier molecular flexibility index (Phi) is 15.0. The topological polar surface area (TPSA) is 156 Å². The van der Waals surface area contributed by atoms with Crippen LogP contribution in [0.2, 0.25) is 0 Å². The lowest BCUT2D eigenvalue weighted by Crippen LogP contribution is -2.69. The lowest BCUT2D eigenvalue weighted by Gasteiger charge is -2.59. The number of likely N-dealkylation sites (N-methyl/N-ethyl adjacent to an activating group) is 1. The Hall–Kier alpha value is -5.31. The van der Waals surface area contributed by atoms with Crippen molar-refractivity contribution in [3.05, 3.63) is 127 Å². The standard InChI is InChI=1S/C52H63N3O9S/c1-7-31-61-52-48(55(6)65(59,60)42-26-21-39(22-27-42)53-35(2)58)34-46(54-64-51(3,4)5)44-32-38(17-11-13-29-56)43(18-12-14-30-57)49(50(44)52)45-33-41(25-28-47(45)63-52)62-40-23-19-37(20-24-40)36-15-9-8-10-16-36/h7-10,15-16,19-28,32-33,38,43,48-50,56-57H,1,11-14,17-18,29-31,34H2,2-6H3,(H,53,58). The molecule has 6 unspecified atom stereocenters. The number of hydrogen-bond donors (Lipinski definition) is 3. The highest BCUT2D eigenvalue weighted by atomic mass is 32.2. The molecule has 13 heteroatoms. The van der Waals surface area contributed by atoms with Gasteiger partial charge in [-0.15, -0.1) is 6.58 Å². The van der Waals surface area contributed by atoms with Crippen molar-refractivity contribution in [1.29, 1.82) is 0 Å². The van der Waals surface area contributed by atoms with Crippen molar-refractivity contribution in [3.8, 4) is 28.4 Å². The maximum atomic E-state index is 14.9. The van der Waals surface area contributed by atoms with Gasteiger partial charge < -0.3 is 34.6 Å². The number of hydrogen-bond acceptors (Lipinski definition) is 10. The highest BCUT2D eigenvalue weighted by Gasteiger charge is 2.65. The Balaban J connectivity index is 1.40. The first-order valence-electron chi connectivity index (χ1n) is 22.6. The quantitative estimate of drug-likeness (QED) is 0.0474. The van der Waals surface area contributed by atoms with Gasteiger partial charge in [0, 0.05) is 50.8 Å². The number of ether oxygens (including phenoxy) is 3. The van der Waals surface area contributed by atoms with Crippen LogP contribution in [0.5, 0.6) is 17.2 Å². The highest BCUT2D eigenvalue weighted by molar-refractivity contribution is 7.89. The fourth-order valence-electron chi connectivity index (χ4n) is 9.69. The number of sulfonamides is 1. The van der Waals surface area contributed by atoms with Crippen LogP contribution in [0.3, 0.4) is 0 Å². The van der Waals surface area contributed by atoms with Crippen molar-refractivity contribution in [3.63, 3.8) is 0 Å². The van der Waals surface area contributed by atoms with Crippen molar-refractivity contribution in [1.82, 2.24) is 4.31 Å². The second-order valence-electron chi connectivity index (χ2n) is 18.2. The van der Waals surface area contributed by atoms with Gasteiger partial charge in [-0.05, 0) is 130 Å². The number of nitrogens with one attached hydrogen (secondary N) is 1. The Morgan fingerprint density at radius 1 is 0.923 bits per heavy atom. The number of fused-ring (bicyclic) bond motifs is 2. The minimum Gasteiger partial charge on any atom is -0.460 e. The van der Waals surface area contributed by atoms with E-state index in [4.69, 9.17) is 24.2 Å². The summed E-state index contributed by atoms with van der Waals surface area (Å²) in [5.41, 5.74) is 4.35. The molecule has 65 heavy (non-hydrogen) atoms. The number of carbonyl (C=O) groups is 1. The van der Waals surface area contributed by atoms with E-state index < -0.39 is 33.4 Å². The summed E-state index contributed by atoms with van der Waals surface area (Å²) in [6.45, 7) is 11.3. The molecule has 1 fully saturated rings. The van der Waals surface area contributed by atoms with Crippen molar-refractivity contribution < 1.29 is 42.5 Å². The molecule has 0 aromatic heterocycles. The molecule has 3 N–H and O–H groups in total. The van der Waals surface area contributed by atoms with Crippen LogP contribution in [0.1, 0.15) is 84.1 Å². The van der Waals surface area contributed by atoms with Gasteiger partial charge in [-0.2, -0.15) is 4.31 Å². The lowest BCUT2D eigenvalue weighted by atomic mass is 9.55. The number of unbranched alkanes of at least 4 members (excludes halogenated alkanes) is 2. The van der Waals surface area contributed by atoms with Gasteiger partial charge in [-0.1, -0.05) is 72.6 Å². The number of allylic oxidation sites excluding steroid dienone is 1. The van der Waals surface area contributed by atoms with Crippen molar-refractivity contribution in [2.45, 2.75) is 101 Å². The van der Waals surface area contributed by atoms with Crippen LogP contribution in [0.15, 0.2) is 131 Å². The zero-order valence-electron chi connectivity index (χ0n) is 38.1. The van der Waals surface area contributed by atoms with E-state index in [0.29, 0.717) is 41.5 Å². The van der Waals surface area contributed by atoms with Crippen LogP contribution in [0.25, 0.3) is 11.1 Å². The first kappa shape index (κ1) is 47.6. The molecule has 2 aliphatic carbocycles. The van der Waals surface area contributed by atoms with Gasteiger partial charge in [0.1, 0.15) is 22.8 Å². The van der Waals surface area contributed by atoms with E-state index in [1.54, 1.807) is 25.3 Å². The third kappa shape index (κ3) is 10.6. The molecule has 0 saturated heterocycles. The lowest BCUT2D eigenvalue weighted by molar-refractivity contribution is -0.250. The molecule has 1 amide bonds. The summed E-state index contributed by atoms with van der Waals surface area (Å²) in [7, 11) is -2.69. The number of amides is 1. The first-order valence-corrected chi connectivity index (χ1v) is 24.1. The second kappa shape index (κ2) is 20.5. The average molecular weight is 906 g/mol. The fourth-order valence-corrected chi connectivity index (χ4v) is 11.1. The minimum atomic E-state index is -4.24. The van der Waals surface area contributed by atoms with E-state index in [0.717, 1.165) is 47.9 Å². The molecule has 3 aliphatic rings. The van der Waals surface area contributed by atoms with Crippen molar-refractivity contribution >= 4 is 27.3 Å². The Bertz CT molecular complexity index is 2450. The first-order chi connectivity index (χ1) is 31.2. The largest absolute Gasteiger partial charge is 0.460 e. The molecule has 1 saturated carbocycles. The third-order valence-electron chi connectivity index (χ3n) is 12.6. The number of anilines is 1. The third-order valence-corrected chi connectivity index (χ3v) is 14.4. The van der Waals surface area contributed by atoms with E-state index in [2.05, 4.69) is 30.1 Å². The van der Waals surface area contributed by atoms with Gasteiger partial charge in [0.05, 0.1) is 29.2 Å². The average Bonchev–Trinajstić information content (AvgIpc) is 3.29.